The van der Waals surface area contributed by atoms with Gasteiger partial charge in [-0.3, -0.25) is 4.79 Å². The van der Waals surface area contributed by atoms with Crippen LogP contribution in [0.25, 0.3) is 0 Å². The third-order valence-corrected chi connectivity index (χ3v) is 5.62. The van der Waals surface area contributed by atoms with Crippen molar-refractivity contribution >= 4 is 17.7 Å². The van der Waals surface area contributed by atoms with Gasteiger partial charge in [0.25, 0.3) is 0 Å². The summed E-state index contributed by atoms with van der Waals surface area (Å²) < 4.78 is 0. The molecule has 2 aliphatic rings. The molecule has 4 heteroatoms. The lowest BCUT2D eigenvalue weighted by molar-refractivity contribution is -0.124. The van der Waals surface area contributed by atoms with Gasteiger partial charge in [0.2, 0.25) is 5.91 Å². The minimum Gasteiger partial charge on any atom is -0.353 e. The first-order valence-electron chi connectivity index (χ1n) is 7.31. The van der Waals surface area contributed by atoms with Crippen LogP contribution < -0.4 is 11.1 Å². The highest BCUT2D eigenvalue weighted by atomic mass is 32.2. The van der Waals surface area contributed by atoms with Crippen LogP contribution in [0, 0.1) is 5.41 Å². The van der Waals surface area contributed by atoms with E-state index >= 15 is 0 Å². The molecule has 0 radical (unpaired) electrons. The lowest BCUT2D eigenvalue weighted by Gasteiger charge is -2.36. The molecule has 0 aromatic carbocycles. The first-order chi connectivity index (χ1) is 8.74. The average Bonchev–Trinajstić information content (AvgIpc) is 2.41. The smallest absolute Gasteiger partial charge is 0.220 e. The molecular formula is C14H26N2OS. The van der Waals surface area contributed by atoms with Crippen molar-refractivity contribution in [1.29, 1.82) is 0 Å². The van der Waals surface area contributed by atoms with Gasteiger partial charge in [0.15, 0.2) is 0 Å². The summed E-state index contributed by atoms with van der Waals surface area (Å²) >= 11 is 1.96. The Labute approximate surface area is 115 Å². The van der Waals surface area contributed by atoms with Crippen LogP contribution in [-0.4, -0.2) is 30.0 Å². The number of rotatable bonds is 4. The van der Waals surface area contributed by atoms with Gasteiger partial charge in [-0.1, -0.05) is 19.3 Å². The zero-order valence-corrected chi connectivity index (χ0v) is 12.1. The van der Waals surface area contributed by atoms with Gasteiger partial charge in [-0.05, 0) is 43.4 Å². The van der Waals surface area contributed by atoms with E-state index in [0.717, 1.165) is 25.0 Å². The summed E-state index contributed by atoms with van der Waals surface area (Å²) in [6.45, 7) is 0.667. The summed E-state index contributed by atoms with van der Waals surface area (Å²) in [7, 11) is 0. The zero-order chi connectivity index (χ0) is 12.8. The summed E-state index contributed by atoms with van der Waals surface area (Å²) in [5.74, 6) is 2.57. The zero-order valence-electron chi connectivity index (χ0n) is 11.2. The van der Waals surface area contributed by atoms with Gasteiger partial charge in [0.1, 0.15) is 0 Å². The third-order valence-electron chi connectivity index (χ3n) is 4.41. The second kappa shape index (κ2) is 6.80. The second-order valence-electron chi connectivity index (χ2n) is 5.92. The van der Waals surface area contributed by atoms with E-state index in [-0.39, 0.29) is 11.3 Å². The molecule has 0 aromatic heterocycles. The van der Waals surface area contributed by atoms with Crippen LogP contribution in [-0.2, 0) is 4.79 Å². The average molecular weight is 270 g/mol. The molecule has 2 rings (SSSR count). The number of amides is 1. The third kappa shape index (κ3) is 3.89. The van der Waals surface area contributed by atoms with Crippen molar-refractivity contribution in [3.63, 3.8) is 0 Å². The van der Waals surface area contributed by atoms with E-state index in [1.54, 1.807) is 0 Å². The molecule has 18 heavy (non-hydrogen) atoms. The topological polar surface area (TPSA) is 55.1 Å². The van der Waals surface area contributed by atoms with Gasteiger partial charge < -0.3 is 11.1 Å². The SMILES string of the molecule is NCC1(CC(=O)NC2CCCSC2)CCCCC1. The predicted octanol–water partition coefficient (Wildman–Crippen LogP) is 2.30. The molecular weight excluding hydrogens is 244 g/mol. The van der Waals surface area contributed by atoms with E-state index in [4.69, 9.17) is 5.73 Å². The van der Waals surface area contributed by atoms with Crippen LogP contribution in [0.15, 0.2) is 0 Å². The summed E-state index contributed by atoms with van der Waals surface area (Å²) in [6, 6.07) is 0.398. The number of nitrogens with two attached hydrogens (primary N) is 1. The van der Waals surface area contributed by atoms with Gasteiger partial charge >= 0.3 is 0 Å². The molecule has 1 unspecified atom stereocenters. The van der Waals surface area contributed by atoms with E-state index in [0.29, 0.717) is 19.0 Å². The fourth-order valence-electron chi connectivity index (χ4n) is 3.23. The molecule has 1 amide bonds. The molecule has 1 heterocycles. The van der Waals surface area contributed by atoms with Crippen LogP contribution in [0.3, 0.4) is 0 Å². The van der Waals surface area contributed by atoms with Crippen molar-refractivity contribution in [3.8, 4) is 0 Å². The Morgan fingerprint density at radius 2 is 2.06 bits per heavy atom. The molecule has 2 fully saturated rings. The number of hydrogen-bond donors (Lipinski definition) is 2. The molecule has 0 aromatic rings. The highest BCUT2D eigenvalue weighted by molar-refractivity contribution is 7.99. The van der Waals surface area contributed by atoms with Crippen molar-refractivity contribution in [2.75, 3.05) is 18.1 Å². The van der Waals surface area contributed by atoms with Crippen molar-refractivity contribution in [2.45, 2.75) is 57.4 Å². The predicted molar refractivity (Wildman–Crippen MR) is 77.7 cm³/mol. The van der Waals surface area contributed by atoms with Gasteiger partial charge in [-0.15, -0.1) is 0 Å². The van der Waals surface area contributed by atoms with Gasteiger partial charge in [-0.25, -0.2) is 0 Å². The van der Waals surface area contributed by atoms with E-state index in [1.165, 1.54) is 31.4 Å². The quantitative estimate of drug-likeness (QED) is 0.824. The van der Waals surface area contributed by atoms with Crippen LogP contribution in [0.1, 0.15) is 51.4 Å². The Morgan fingerprint density at radius 3 is 2.67 bits per heavy atom. The Hall–Kier alpha value is -0.220. The number of nitrogens with one attached hydrogen (secondary N) is 1. The fourth-order valence-corrected chi connectivity index (χ4v) is 4.30. The minimum atomic E-state index is 0.101. The van der Waals surface area contributed by atoms with E-state index < -0.39 is 0 Å². The molecule has 1 saturated carbocycles. The van der Waals surface area contributed by atoms with Crippen LogP contribution >= 0.6 is 11.8 Å². The van der Waals surface area contributed by atoms with Crippen LogP contribution in [0.4, 0.5) is 0 Å². The Bertz CT molecular complexity index is 271. The van der Waals surface area contributed by atoms with Crippen molar-refractivity contribution < 1.29 is 4.79 Å². The Morgan fingerprint density at radius 1 is 1.28 bits per heavy atom. The highest BCUT2D eigenvalue weighted by Crippen LogP contribution is 2.38. The first kappa shape index (κ1) is 14.2. The highest BCUT2D eigenvalue weighted by Gasteiger charge is 2.33. The van der Waals surface area contributed by atoms with Crippen molar-refractivity contribution in [3.05, 3.63) is 0 Å². The summed E-state index contributed by atoms with van der Waals surface area (Å²) in [5, 5.41) is 3.21. The number of carbonyl (C=O) groups is 1. The normalized spacial score (nSPS) is 27.7. The maximum atomic E-state index is 12.2. The molecule has 0 spiro atoms. The van der Waals surface area contributed by atoms with Gasteiger partial charge in [0, 0.05) is 18.2 Å². The molecule has 3 N–H and O–H groups in total. The lowest BCUT2D eigenvalue weighted by Crippen LogP contribution is -2.43. The van der Waals surface area contributed by atoms with Crippen LogP contribution in [0.5, 0.6) is 0 Å². The monoisotopic (exact) mass is 270 g/mol. The largest absolute Gasteiger partial charge is 0.353 e. The lowest BCUT2D eigenvalue weighted by atomic mass is 9.71. The summed E-state index contributed by atoms with van der Waals surface area (Å²) in [5.41, 5.74) is 6.04. The van der Waals surface area contributed by atoms with E-state index in [1.807, 2.05) is 11.8 Å². The second-order valence-corrected chi connectivity index (χ2v) is 7.07. The summed E-state index contributed by atoms with van der Waals surface area (Å²) in [6.07, 6.45) is 9.08. The van der Waals surface area contributed by atoms with Crippen molar-refractivity contribution in [2.24, 2.45) is 11.1 Å². The number of hydrogen-bond acceptors (Lipinski definition) is 3. The molecule has 1 saturated heterocycles. The Kier molecular flexibility index (Phi) is 5.37. The van der Waals surface area contributed by atoms with Gasteiger partial charge in [-0.2, -0.15) is 11.8 Å². The standard InChI is InChI=1S/C14H26N2OS/c15-11-14(6-2-1-3-7-14)9-13(17)16-12-5-4-8-18-10-12/h12H,1-11,15H2,(H,16,17). The van der Waals surface area contributed by atoms with Crippen molar-refractivity contribution in [1.82, 2.24) is 5.32 Å². The van der Waals surface area contributed by atoms with Gasteiger partial charge in [0.05, 0.1) is 0 Å². The minimum absolute atomic E-state index is 0.101. The number of thioether (sulfide) groups is 1. The Balaban J connectivity index is 1.81. The van der Waals surface area contributed by atoms with Crippen LogP contribution in [0.2, 0.25) is 0 Å². The number of carbonyl (C=O) groups excluding carboxylic acids is 1. The maximum absolute atomic E-state index is 12.2. The summed E-state index contributed by atoms with van der Waals surface area (Å²) in [4.78, 5) is 12.2. The maximum Gasteiger partial charge on any atom is 0.220 e. The molecule has 1 aliphatic heterocycles. The molecule has 0 bridgehead atoms. The van der Waals surface area contributed by atoms with E-state index in [2.05, 4.69) is 5.32 Å². The molecule has 3 nitrogen and oxygen atoms in total. The fraction of sp³-hybridized carbons (Fsp3) is 0.929. The molecule has 1 atom stereocenters. The molecule has 104 valence electrons. The molecule has 1 aliphatic carbocycles. The van der Waals surface area contributed by atoms with E-state index in [9.17, 15) is 4.79 Å². The first-order valence-corrected chi connectivity index (χ1v) is 8.47.